The van der Waals surface area contributed by atoms with E-state index in [2.05, 4.69) is 29.2 Å². The zero-order valence-corrected chi connectivity index (χ0v) is 18.1. The van der Waals surface area contributed by atoms with Gasteiger partial charge in [0, 0.05) is 31.4 Å². The quantitative estimate of drug-likeness (QED) is 0.603. The number of hydrogen-bond donors (Lipinski definition) is 0. The van der Waals surface area contributed by atoms with Crippen LogP contribution in [0, 0.1) is 0 Å². The lowest BCUT2D eigenvalue weighted by molar-refractivity contribution is -0.111. The summed E-state index contributed by atoms with van der Waals surface area (Å²) in [4.78, 5) is 17.0. The van der Waals surface area contributed by atoms with Crippen LogP contribution in [0.1, 0.15) is 18.7 Å². The highest BCUT2D eigenvalue weighted by Crippen LogP contribution is 2.39. The number of Topliss-reactive ketones (excluding diaryl/α,β-unsaturated/α-hetero) is 1. The summed E-state index contributed by atoms with van der Waals surface area (Å²) in [7, 11) is 0. The molecule has 1 saturated heterocycles. The monoisotopic (exact) mass is 426 g/mol. The minimum atomic E-state index is -0.266. The van der Waals surface area contributed by atoms with Gasteiger partial charge in [-0.1, -0.05) is 48.5 Å². The summed E-state index contributed by atoms with van der Waals surface area (Å²) in [5.41, 5.74) is 4.11. The first-order valence-electron chi connectivity index (χ1n) is 10.9. The molecule has 2 heterocycles. The Labute approximate surface area is 188 Å². The van der Waals surface area contributed by atoms with Crippen LogP contribution < -0.4 is 14.8 Å². The lowest BCUT2D eigenvalue weighted by atomic mass is 10.1. The Morgan fingerprint density at radius 2 is 1.41 bits per heavy atom. The number of morpholine rings is 1. The second-order valence-corrected chi connectivity index (χ2v) is 7.93. The van der Waals surface area contributed by atoms with Gasteiger partial charge in [-0.15, -0.1) is 5.10 Å². The Balaban J connectivity index is 1.57. The molecule has 3 aromatic carbocycles. The normalized spacial score (nSPS) is 18.6. The molecule has 1 atom stereocenters. The topological polar surface area (TPSA) is 48.4 Å². The number of hydrazone groups is 1. The van der Waals surface area contributed by atoms with Gasteiger partial charge in [0.15, 0.2) is 17.8 Å². The summed E-state index contributed by atoms with van der Waals surface area (Å²) in [6.07, 6.45) is -0.266. The second-order valence-electron chi connectivity index (χ2n) is 7.93. The number of ether oxygens (including phenoxy) is 1. The van der Waals surface area contributed by atoms with Gasteiger partial charge in [-0.2, -0.15) is 0 Å². The molecule has 0 aromatic heterocycles. The van der Waals surface area contributed by atoms with Gasteiger partial charge in [0.1, 0.15) is 0 Å². The molecule has 0 spiro atoms. The highest BCUT2D eigenvalue weighted by atomic mass is 16.5. The SMILES string of the molecule is CC(=O)C1=NN(c2ccccc2)C(c2ccc(N3CCOCC3)cc2)N1c1ccccc1. The summed E-state index contributed by atoms with van der Waals surface area (Å²) in [6, 6.07) is 28.6. The Morgan fingerprint density at radius 1 is 0.812 bits per heavy atom. The zero-order valence-electron chi connectivity index (χ0n) is 18.1. The van der Waals surface area contributed by atoms with E-state index in [4.69, 9.17) is 9.84 Å². The zero-order chi connectivity index (χ0) is 21.9. The van der Waals surface area contributed by atoms with Crippen molar-refractivity contribution in [1.29, 1.82) is 0 Å². The third-order valence-corrected chi connectivity index (χ3v) is 5.84. The molecule has 5 rings (SSSR count). The third-order valence-electron chi connectivity index (χ3n) is 5.84. The van der Waals surface area contributed by atoms with Gasteiger partial charge in [-0.25, -0.2) is 5.01 Å². The minimum absolute atomic E-state index is 0.0674. The van der Waals surface area contributed by atoms with Crippen molar-refractivity contribution in [3.63, 3.8) is 0 Å². The summed E-state index contributed by atoms with van der Waals surface area (Å²) >= 11 is 0. The molecule has 2 aliphatic heterocycles. The largest absolute Gasteiger partial charge is 0.378 e. The first kappa shape index (κ1) is 20.3. The van der Waals surface area contributed by atoms with Crippen LogP contribution in [0.3, 0.4) is 0 Å². The lowest BCUT2D eigenvalue weighted by Crippen LogP contribution is -2.38. The first-order valence-corrected chi connectivity index (χ1v) is 10.9. The number of carbonyl (C=O) groups excluding carboxylic acids is 1. The van der Waals surface area contributed by atoms with Crippen LogP contribution in [0.25, 0.3) is 0 Å². The molecule has 0 bridgehead atoms. The van der Waals surface area contributed by atoms with Crippen LogP contribution >= 0.6 is 0 Å². The molecule has 0 radical (unpaired) electrons. The summed E-state index contributed by atoms with van der Waals surface area (Å²) < 4.78 is 5.48. The number of benzene rings is 3. The van der Waals surface area contributed by atoms with E-state index < -0.39 is 0 Å². The van der Waals surface area contributed by atoms with Crippen molar-refractivity contribution in [2.24, 2.45) is 5.10 Å². The predicted octanol–water partition coefficient (Wildman–Crippen LogP) is 4.45. The fourth-order valence-corrected chi connectivity index (χ4v) is 4.27. The molecule has 1 unspecified atom stereocenters. The Kier molecular flexibility index (Phi) is 5.60. The molecular weight excluding hydrogens is 400 g/mol. The van der Waals surface area contributed by atoms with E-state index in [1.165, 1.54) is 5.69 Å². The van der Waals surface area contributed by atoms with Crippen LogP contribution in [0.15, 0.2) is 90.0 Å². The van der Waals surface area contributed by atoms with Crippen LogP contribution in [0.2, 0.25) is 0 Å². The van der Waals surface area contributed by atoms with Crippen molar-refractivity contribution >= 4 is 28.7 Å². The van der Waals surface area contributed by atoms with Crippen molar-refractivity contribution in [2.75, 3.05) is 41.1 Å². The molecule has 6 nitrogen and oxygen atoms in total. The van der Waals surface area contributed by atoms with E-state index in [9.17, 15) is 4.79 Å². The van der Waals surface area contributed by atoms with E-state index in [1.807, 2.05) is 70.6 Å². The maximum atomic E-state index is 12.6. The van der Waals surface area contributed by atoms with E-state index in [0.29, 0.717) is 5.84 Å². The van der Waals surface area contributed by atoms with E-state index in [0.717, 1.165) is 43.2 Å². The number of hydrogen-bond acceptors (Lipinski definition) is 6. The van der Waals surface area contributed by atoms with E-state index in [1.54, 1.807) is 6.92 Å². The number of ketones is 1. The molecule has 32 heavy (non-hydrogen) atoms. The van der Waals surface area contributed by atoms with Gasteiger partial charge in [0.2, 0.25) is 0 Å². The van der Waals surface area contributed by atoms with Gasteiger partial charge in [0.25, 0.3) is 0 Å². The van der Waals surface area contributed by atoms with E-state index in [-0.39, 0.29) is 11.9 Å². The van der Waals surface area contributed by atoms with Gasteiger partial charge in [-0.3, -0.25) is 9.69 Å². The molecule has 2 aliphatic rings. The van der Waals surface area contributed by atoms with Gasteiger partial charge >= 0.3 is 0 Å². The van der Waals surface area contributed by atoms with Crippen molar-refractivity contribution in [1.82, 2.24) is 0 Å². The molecule has 6 heteroatoms. The van der Waals surface area contributed by atoms with Crippen LogP contribution in [-0.2, 0) is 9.53 Å². The smallest absolute Gasteiger partial charge is 0.198 e. The second kappa shape index (κ2) is 8.85. The van der Waals surface area contributed by atoms with Crippen molar-refractivity contribution < 1.29 is 9.53 Å². The molecular formula is C26H26N4O2. The fraction of sp³-hybridized carbons (Fsp3) is 0.231. The van der Waals surface area contributed by atoms with Gasteiger partial charge in [-0.05, 0) is 42.0 Å². The van der Waals surface area contributed by atoms with Crippen LogP contribution in [0.5, 0.6) is 0 Å². The summed E-state index contributed by atoms with van der Waals surface area (Å²) in [6.45, 7) is 4.87. The standard InChI is InChI=1S/C26H26N4O2/c1-20(31)25-27-30(24-10-6-3-7-11-24)26(29(25)23-8-4-2-5-9-23)21-12-14-22(15-13-21)28-16-18-32-19-17-28/h2-15,26H,16-19H2,1H3. The predicted molar refractivity (Wildman–Crippen MR) is 128 cm³/mol. The lowest BCUT2D eigenvalue weighted by Gasteiger charge is -2.33. The molecule has 162 valence electrons. The Bertz CT molecular complexity index is 1090. The number of amidine groups is 1. The maximum Gasteiger partial charge on any atom is 0.198 e. The highest BCUT2D eigenvalue weighted by Gasteiger charge is 2.39. The fourth-order valence-electron chi connectivity index (χ4n) is 4.27. The molecule has 0 aliphatic carbocycles. The first-order chi connectivity index (χ1) is 15.7. The molecule has 3 aromatic rings. The molecule has 1 fully saturated rings. The van der Waals surface area contributed by atoms with Crippen LogP contribution in [0.4, 0.5) is 17.1 Å². The Hall–Kier alpha value is -3.64. The summed E-state index contributed by atoms with van der Waals surface area (Å²) in [5, 5.41) is 6.72. The number of carbonyl (C=O) groups is 1. The van der Waals surface area contributed by atoms with Crippen molar-refractivity contribution in [3.8, 4) is 0 Å². The minimum Gasteiger partial charge on any atom is -0.378 e. The number of anilines is 3. The number of para-hydroxylation sites is 2. The average molecular weight is 427 g/mol. The highest BCUT2D eigenvalue weighted by molar-refractivity contribution is 6.44. The molecule has 0 saturated carbocycles. The van der Waals surface area contributed by atoms with Gasteiger partial charge in [0.05, 0.1) is 18.9 Å². The Morgan fingerprint density at radius 3 is 2.00 bits per heavy atom. The summed E-state index contributed by atoms with van der Waals surface area (Å²) in [5.74, 6) is 0.365. The van der Waals surface area contributed by atoms with Gasteiger partial charge < -0.3 is 9.64 Å². The van der Waals surface area contributed by atoms with Crippen LogP contribution in [-0.4, -0.2) is 37.9 Å². The van der Waals surface area contributed by atoms with Crippen molar-refractivity contribution in [3.05, 3.63) is 90.5 Å². The van der Waals surface area contributed by atoms with Crippen molar-refractivity contribution in [2.45, 2.75) is 13.1 Å². The maximum absolute atomic E-state index is 12.6. The molecule has 0 amide bonds. The third kappa shape index (κ3) is 3.85. The average Bonchev–Trinajstić information content (AvgIpc) is 3.27. The molecule has 0 N–H and O–H groups in total. The number of nitrogens with zero attached hydrogens (tertiary/aromatic N) is 4. The van der Waals surface area contributed by atoms with E-state index >= 15 is 0 Å². The number of rotatable bonds is 5.